The lowest BCUT2D eigenvalue weighted by atomic mass is 10.1. The Balaban J connectivity index is 2.22. The summed E-state index contributed by atoms with van der Waals surface area (Å²) in [7, 11) is -3.45. The van der Waals surface area contributed by atoms with E-state index in [1.165, 1.54) is 10.6 Å². The van der Waals surface area contributed by atoms with Crippen LogP contribution < -0.4 is 9.62 Å². The number of nitrogens with one attached hydrogen (secondary N) is 1. The van der Waals surface area contributed by atoms with Crippen LogP contribution in [0.4, 0.5) is 5.69 Å². The van der Waals surface area contributed by atoms with E-state index in [1.807, 2.05) is 51.1 Å². The van der Waals surface area contributed by atoms with Crippen LogP contribution in [0.1, 0.15) is 53.7 Å². The summed E-state index contributed by atoms with van der Waals surface area (Å²) >= 11 is 0. The van der Waals surface area contributed by atoms with Crippen LogP contribution in [0.5, 0.6) is 0 Å². The van der Waals surface area contributed by atoms with Gasteiger partial charge in [-0.25, -0.2) is 8.42 Å². The molecule has 6 heteroatoms. The molecule has 28 heavy (non-hydrogen) atoms. The average molecular weight is 403 g/mol. The van der Waals surface area contributed by atoms with Gasteiger partial charge in [-0.3, -0.25) is 9.10 Å². The normalized spacial score (nSPS) is 12.5. The molecule has 5 nitrogen and oxygen atoms in total. The van der Waals surface area contributed by atoms with Crippen LogP contribution >= 0.6 is 0 Å². The molecule has 0 aliphatic heterocycles. The number of anilines is 1. The van der Waals surface area contributed by atoms with Crippen molar-refractivity contribution in [3.05, 3.63) is 64.7 Å². The van der Waals surface area contributed by atoms with Gasteiger partial charge in [-0.2, -0.15) is 0 Å². The minimum Gasteiger partial charge on any atom is -0.350 e. The van der Waals surface area contributed by atoms with Crippen LogP contribution in [0.25, 0.3) is 0 Å². The van der Waals surface area contributed by atoms with Gasteiger partial charge in [-0.1, -0.05) is 37.6 Å². The van der Waals surface area contributed by atoms with Gasteiger partial charge >= 0.3 is 0 Å². The lowest BCUT2D eigenvalue weighted by molar-refractivity contribution is 0.0938. The highest BCUT2D eigenvalue weighted by molar-refractivity contribution is 7.92. The monoisotopic (exact) mass is 402 g/mol. The summed E-state index contributed by atoms with van der Waals surface area (Å²) in [6, 6.07) is 13.0. The fourth-order valence-electron chi connectivity index (χ4n) is 3.11. The molecule has 0 unspecified atom stereocenters. The number of hydrogen-bond acceptors (Lipinski definition) is 3. The molecule has 0 radical (unpaired) electrons. The van der Waals surface area contributed by atoms with E-state index >= 15 is 0 Å². The fourth-order valence-corrected chi connectivity index (χ4v) is 4.05. The third kappa shape index (κ3) is 5.83. The number of carbonyl (C=O) groups excluding carboxylic acids is 1. The molecule has 0 aliphatic carbocycles. The molecular weight excluding hydrogens is 372 g/mol. The highest BCUT2D eigenvalue weighted by Gasteiger charge is 2.20. The molecule has 0 aliphatic rings. The maximum atomic E-state index is 12.4. The van der Waals surface area contributed by atoms with Gasteiger partial charge in [0, 0.05) is 11.6 Å². The third-order valence-corrected chi connectivity index (χ3v) is 5.80. The molecule has 0 bridgehead atoms. The van der Waals surface area contributed by atoms with E-state index in [-0.39, 0.29) is 18.5 Å². The van der Waals surface area contributed by atoms with E-state index in [2.05, 4.69) is 12.2 Å². The van der Waals surface area contributed by atoms with Gasteiger partial charge in [0.25, 0.3) is 5.91 Å². The van der Waals surface area contributed by atoms with Crippen molar-refractivity contribution >= 4 is 21.6 Å². The maximum absolute atomic E-state index is 12.4. The molecule has 0 aromatic heterocycles. The third-order valence-electron chi connectivity index (χ3n) is 4.68. The molecule has 1 amide bonds. The van der Waals surface area contributed by atoms with E-state index in [0.29, 0.717) is 11.3 Å². The van der Waals surface area contributed by atoms with Crippen molar-refractivity contribution in [2.45, 2.75) is 53.1 Å². The van der Waals surface area contributed by atoms with Crippen molar-refractivity contribution in [2.75, 3.05) is 10.6 Å². The van der Waals surface area contributed by atoms with Crippen molar-refractivity contribution < 1.29 is 13.2 Å². The van der Waals surface area contributed by atoms with Crippen molar-refractivity contribution in [1.82, 2.24) is 5.32 Å². The number of nitrogens with zero attached hydrogens (tertiary/aromatic N) is 1. The summed E-state index contributed by atoms with van der Waals surface area (Å²) in [5.74, 6) is -0.109. The van der Waals surface area contributed by atoms with Gasteiger partial charge < -0.3 is 5.32 Å². The minimum absolute atomic E-state index is 0.109. The second-order valence-corrected chi connectivity index (χ2v) is 9.33. The SMILES string of the molecule is CCC[C@@H](C)NC(=O)c1ccc(CN(c2cc(C)ccc2C)S(C)(=O)=O)cc1. The molecule has 2 rings (SSSR count). The van der Waals surface area contributed by atoms with Crippen LogP contribution in [0, 0.1) is 13.8 Å². The molecule has 1 atom stereocenters. The Morgan fingerprint density at radius 2 is 1.75 bits per heavy atom. The van der Waals surface area contributed by atoms with Gasteiger partial charge in [0.1, 0.15) is 0 Å². The smallest absolute Gasteiger partial charge is 0.251 e. The molecule has 2 aromatic rings. The Hall–Kier alpha value is -2.34. The predicted octanol–water partition coefficient (Wildman–Crippen LogP) is 4.19. The lowest BCUT2D eigenvalue weighted by Crippen LogP contribution is -2.32. The number of sulfonamides is 1. The number of hydrogen-bond donors (Lipinski definition) is 1. The van der Waals surface area contributed by atoms with Gasteiger partial charge in [0.15, 0.2) is 0 Å². The Morgan fingerprint density at radius 3 is 2.32 bits per heavy atom. The average Bonchev–Trinajstić information content (AvgIpc) is 2.61. The highest BCUT2D eigenvalue weighted by atomic mass is 32.2. The van der Waals surface area contributed by atoms with Gasteiger partial charge in [-0.05, 0) is 62.1 Å². The van der Waals surface area contributed by atoms with E-state index < -0.39 is 10.0 Å². The summed E-state index contributed by atoms with van der Waals surface area (Å²) < 4.78 is 26.2. The summed E-state index contributed by atoms with van der Waals surface area (Å²) in [5, 5.41) is 2.98. The Bertz CT molecular complexity index is 921. The number of benzene rings is 2. The van der Waals surface area contributed by atoms with Gasteiger partial charge in [0.05, 0.1) is 18.5 Å². The summed E-state index contributed by atoms with van der Waals surface area (Å²) in [6.45, 7) is 8.14. The van der Waals surface area contributed by atoms with Gasteiger partial charge in [-0.15, -0.1) is 0 Å². The van der Waals surface area contributed by atoms with Gasteiger partial charge in [0.2, 0.25) is 10.0 Å². The largest absolute Gasteiger partial charge is 0.350 e. The first-order valence-electron chi connectivity index (χ1n) is 9.56. The predicted molar refractivity (Wildman–Crippen MR) is 115 cm³/mol. The van der Waals surface area contributed by atoms with Crippen molar-refractivity contribution in [2.24, 2.45) is 0 Å². The molecule has 1 N–H and O–H groups in total. The summed E-state index contributed by atoms with van der Waals surface area (Å²) in [5.41, 5.74) is 3.98. The zero-order valence-corrected chi connectivity index (χ0v) is 18.1. The first-order valence-corrected chi connectivity index (χ1v) is 11.4. The van der Waals surface area contributed by atoms with E-state index in [4.69, 9.17) is 0 Å². The molecular formula is C22H30N2O3S. The van der Waals surface area contributed by atoms with Crippen molar-refractivity contribution in [3.63, 3.8) is 0 Å². The molecule has 0 fully saturated rings. The Labute approximate surface area is 168 Å². The van der Waals surface area contributed by atoms with E-state index in [0.717, 1.165) is 29.5 Å². The summed E-state index contributed by atoms with van der Waals surface area (Å²) in [4.78, 5) is 12.3. The summed E-state index contributed by atoms with van der Waals surface area (Å²) in [6.07, 6.45) is 3.16. The number of amides is 1. The van der Waals surface area contributed by atoms with E-state index in [1.54, 1.807) is 12.1 Å². The fraction of sp³-hybridized carbons (Fsp3) is 0.409. The topological polar surface area (TPSA) is 66.5 Å². The standard InChI is InChI=1S/C22H30N2O3S/c1-6-7-18(4)23-22(25)20-12-10-19(11-13-20)15-24(28(5,26)27)21-14-16(2)8-9-17(21)3/h8-14,18H,6-7,15H2,1-5H3,(H,23,25)/t18-/m1/s1. The van der Waals surface area contributed by atoms with E-state index in [9.17, 15) is 13.2 Å². The number of rotatable bonds is 8. The van der Waals surface area contributed by atoms with Crippen molar-refractivity contribution in [1.29, 1.82) is 0 Å². The zero-order chi connectivity index (χ0) is 20.9. The molecule has 0 spiro atoms. The van der Waals surface area contributed by atoms with Crippen LogP contribution in [0.15, 0.2) is 42.5 Å². The van der Waals surface area contributed by atoms with Crippen LogP contribution in [0.2, 0.25) is 0 Å². The maximum Gasteiger partial charge on any atom is 0.251 e. The molecule has 2 aromatic carbocycles. The molecule has 0 saturated heterocycles. The number of carbonyl (C=O) groups is 1. The zero-order valence-electron chi connectivity index (χ0n) is 17.3. The molecule has 152 valence electrons. The second-order valence-electron chi connectivity index (χ2n) is 7.42. The van der Waals surface area contributed by atoms with Crippen LogP contribution in [0.3, 0.4) is 0 Å². The minimum atomic E-state index is -3.45. The van der Waals surface area contributed by atoms with Crippen molar-refractivity contribution in [3.8, 4) is 0 Å². The quantitative estimate of drug-likeness (QED) is 0.720. The Kier molecular flexibility index (Phi) is 7.24. The first-order chi connectivity index (χ1) is 13.1. The molecule has 0 heterocycles. The second kappa shape index (κ2) is 9.24. The molecule has 0 saturated carbocycles. The van der Waals surface area contributed by atoms with Crippen LogP contribution in [-0.4, -0.2) is 26.6 Å². The first kappa shape index (κ1) is 22.0. The van der Waals surface area contributed by atoms with Crippen LogP contribution in [-0.2, 0) is 16.6 Å². The lowest BCUT2D eigenvalue weighted by Gasteiger charge is -2.25. The highest BCUT2D eigenvalue weighted by Crippen LogP contribution is 2.26. The number of aryl methyl sites for hydroxylation is 2. The Morgan fingerprint density at radius 1 is 1.11 bits per heavy atom.